The van der Waals surface area contributed by atoms with Crippen LogP contribution in [0.1, 0.15) is 43.3 Å². The molecule has 3 rings (SSSR count). The number of hydrogen-bond donors (Lipinski definition) is 3. The average molecular weight is 483 g/mol. The Labute approximate surface area is 205 Å². The molecule has 3 aromatic rings. The topological polar surface area (TPSA) is 131 Å². The first-order valence-electron chi connectivity index (χ1n) is 11.8. The molecule has 0 aliphatic carbocycles. The predicted molar refractivity (Wildman–Crippen MR) is 132 cm³/mol. The second-order valence-electron chi connectivity index (χ2n) is 9.06. The number of amides is 1. The summed E-state index contributed by atoms with van der Waals surface area (Å²) in [5.41, 5.74) is 5.34. The Hall–Kier alpha value is -3.30. The SMILES string of the molecule is CCc1cc(-c2nnc(-c3cc(C)nc(CC(C)C)c3)o2)cc(C)c1OC[C@@H](O)CNC(=O)CO. The Morgan fingerprint density at radius 3 is 2.43 bits per heavy atom. The van der Waals surface area contributed by atoms with Crippen molar-refractivity contribution in [3.63, 3.8) is 0 Å². The van der Waals surface area contributed by atoms with Gasteiger partial charge in [0.1, 0.15) is 25.1 Å². The zero-order valence-corrected chi connectivity index (χ0v) is 21.0. The number of benzene rings is 1. The number of aryl methyl sites for hydroxylation is 3. The number of aliphatic hydroxyl groups excluding tert-OH is 2. The fraction of sp³-hybridized carbons (Fsp3) is 0.462. The van der Waals surface area contributed by atoms with Crippen molar-refractivity contribution in [2.75, 3.05) is 19.8 Å². The van der Waals surface area contributed by atoms with Crippen LogP contribution < -0.4 is 10.1 Å². The lowest BCUT2D eigenvalue weighted by atomic mass is 10.0. The molecular weight excluding hydrogens is 448 g/mol. The first-order valence-corrected chi connectivity index (χ1v) is 11.8. The molecule has 1 atom stereocenters. The summed E-state index contributed by atoms with van der Waals surface area (Å²) in [5, 5.41) is 29.8. The molecule has 0 fully saturated rings. The molecule has 9 heteroatoms. The van der Waals surface area contributed by atoms with Gasteiger partial charge in [-0.2, -0.15) is 0 Å². The molecule has 9 nitrogen and oxygen atoms in total. The van der Waals surface area contributed by atoms with E-state index in [2.05, 4.69) is 34.3 Å². The van der Waals surface area contributed by atoms with Crippen molar-refractivity contribution in [3.8, 4) is 28.7 Å². The lowest BCUT2D eigenvalue weighted by Gasteiger charge is -2.17. The summed E-state index contributed by atoms with van der Waals surface area (Å²) in [4.78, 5) is 15.8. The molecule has 1 aromatic carbocycles. The number of aliphatic hydroxyl groups is 2. The van der Waals surface area contributed by atoms with E-state index in [1.165, 1.54) is 0 Å². The third kappa shape index (κ3) is 7.10. The highest BCUT2D eigenvalue weighted by atomic mass is 16.5. The second-order valence-corrected chi connectivity index (χ2v) is 9.06. The molecule has 0 bridgehead atoms. The highest BCUT2D eigenvalue weighted by Crippen LogP contribution is 2.32. The van der Waals surface area contributed by atoms with E-state index in [0.29, 0.717) is 29.9 Å². The molecule has 3 N–H and O–H groups in total. The minimum Gasteiger partial charge on any atom is -0.490 e. The second kappa shape index (κ2) is 11.9. The molecule has 35 heavy (non-hydrogen) atoms. The standard InChI is InChI=1S/C26H34N4O5/c1-6-18-10-19(8-16(4)24(18)34-14-22(32)12-27-23(33)13-31)25-29-30-26(35-25)20-9-17(5)28-21(11-20)7-15(2)3/h8-11,15,22,31-32H,6-7,12-14H2,1-5H3,(H,27,33)/t22-/m0/s1. The molecule has 0 aliphatic heterocycles. The van der Waals surface area contributed by atoms with Gasteiger partial charge in [-0.05, 0) is 68.0 Å². The molecule has 0 saturated heterocycles. The van der Waals surface area contributed by atoms with Gasteiger partial charge in [0.15, 0.2) is 0 Å². The summed E-state index contributed by atoms with van der Waals surface area (Å²) in [6, 6.07) is 7.79. The van der Waals surface area contributed by atoms with Crippen LogP contribution in [0.15, 0.2) is 28.7 Å². The van der Waals surface area contributed by atoms with Gasteiger partial charge >= 0.3 is 0 Å². The molecule has 0 unspecified atom stereocenters. The average Bonchev–Trinajstić information content (AvgIpc) is 3.31. The van der Waals surface area contributed by atoms with E-state index in [1.54, 1.807) is 0 Å². The van der Waals surface area contributed by atoms with Crippen LogP contribution in [0.5, 0.6) is 5.75 Å². The number of ether oxygens (including phenoxy) is 1. The summed E-state index contributed by atoms with van der Waals surface area (Å²) in [6.07, 6.45) is 0.667. The summed E-state index contributed by atoms with van der Waals surface area (Å²) >= 11 is 0. The largest absolute Gasteiger partial charge is 0.490 e. The van der Waals surface area contributed by atoms with Gasteiger partial charge in [-0.1, -0.05) is 20.8 Å². The van der Waals surface area contributed by atoms with Crippen LogP contribution in [0.3, 0.4) is 0 Å². The van der Waals surface area contributed by atoms with Crippen LogP contribution in [0, 0.1) is 19.8 Å². The van der Waals surface area contributed by atoms with E-state index in [9.17, 15) is 9.90 Å². The third-order valence-electron chi connectivity index (χ3n) is 5.37. The first kappa shape index (κ1) is 26.3. The number of carbonyl (C=O) groups excluding carboxylic acids is 1. The van der Waals surface area contributed by atoms with Gasteiger partial charge in [-0.25, -0.2) is 0 Å². The zero-order chi connectivity index (χ0) is 25.5. The molecule has 188 valence electrons. The maximum absolute atomic E-state index is 11.1. The maximum atomic E-state index is 11.1. The van der Waals surface area contributed by atoms with Crippen LogP contribution in [0.2, 0.25) is 0 Å². The highest BCUT2D eigenvalue weighted by Gasteiger charge is 2.17. The number of pyridine rings is 1. The monoisotopic (exact) mass is 482 g/mol. The minimum atomic E-state index is -0.905. The first-order chi connectivity index (χ1) is 16.7. The van der Waals surface area contributed by atoms with Crippen molar-refractivity contribution >= 4 is 5.91 Å². The van der Waals surface area contributed by atoms with E-state index in [0.717, 1.165) is 40.1 Å². The summed E-state index contributed by atoms with van der Waals surface area (Å²) in [5.74, 6) is 1.48. The van der Waals surface area contributed by atoms with Crippen LogP contribution in [-0.2, 0) is 17.6 Å². The van der Waals surface area contributed by atoms with Crippen LogP contribution in [0.25, 0.3) is 22.9 Å². The van der Waals surface area contributed by atoms with E-state index in [-0.39, 0.29) is 13.2 Å². The molecule has 0 radical (unpaired) electrons. The van der Waals surface area contributed by atoms with Crippen molar-refractivity contribution < 1.29 is 24.2 Å². The Balaban J connectivity index is 1.79. The Morgan fingerprint density at radius 1 is 1.11 bits per heavy atom. The van der Waals surface area contributed by atoms with Crippen molar-refractivity contribution in [1.82, 2.24) is 20.5 Å². The number of nitrogens with one attached hydrogen (secondary N) is 1. The van der Waals surface area contributed by atoms with Crippen LogP contribution in [0.4, 0.5) is 0 Å². The van der Waals surface area contributed by atoms with Gasteiger partial charge in [-0.3, -0.25) is 9.78 Å². The predicted octanol–water partition coefficient (Wildman–Crippen LogP) is 3.02. The quantitative estimate of drug-likeness (QED) is 0.380. The van der Waals surface area contributed by atoms with Gasteiger partial charge in [0, 0.05) is 29.1 Å². The van der Waals surface area contributed by atoms with Gasteiger partial charge in [0.2, 0.25) is 17.7 Å². The van der Waals surface area contributed by atoms with Crippen molar-refractivity contribution in [1.29, 1.82) is 0 Å². The van der Waals surface area contributed by atoms with Crippen molar-refractivity contribution in [2.24, 2.45) is 5.92 Å². The number of hydrogen-bond acceptors (Lipinski definition) is 8. The fourth-order valence-corrected chi connectivity index (χ4v) is 3.81. The maximum Gasteiger partial charge on any atom is 0.248 e. The summed E-state index contributed by atoms with van der Waals surface area (Å²) in [7, 11) is 0. The van der Waals surface area contributed by atoms with Gasteiger partial charge in [-0.15, -0.1) is 10.2 Å². The molecular formula is C26H34N4O5. The molecule has 2 aromatic heterocycles. The van der Waals surface area contributed by atoms with Crippen LogP contribution in [-0.4, -0.2) is 57.2 Å². The fourth-order valence-electron chi connectivity index (χ4n) is 3.81. The summed E-state index contributed by atoms with van der Waals surface area (Å²) in [6.45, 7) is 9.58. The lowest BCUT2D eigenvalue weighted by Crippen LogP contribution is -2.36. The third-order valence-corrected chi connectivity index (χ3v) is 5.37. The van der Waals surface area contributed by atoms with Crippen LogP contribution >= 0.6 is 0 Å². The van der Waals surface area contributed by atoms with Gasteiger partial charge in [0.05, 0.1) is 0 Å². The van der Waals surface area contributed by atoms with E-state index < -0.39 is 18.6 Å². The number of aromatic nitrogens is 3. The Kier molecular flexibility index (Phi) is 8.95. The highest BCUT2D eigenvalue weighted by molar-refractivity contribution is 5.76. The van der Waals surface area contributed by atoms with Crippen molar-refractivity contribution in [2.45, 2.75) is 53.6 Å². The summed E-state index contributed by atoms with van der Waals surface area (Å²) < 4.78 is 11.9. The lowest BCUT2D eigenvalue weighted by molar-refractivity contribution is -0.124. The number of carbonyl (C=O) groups is 1. The smallest absolute Gasteiger partial charge is 0.248 e. The van der Waals surface area contributed by atoms with E-state index in [1.807, 2.05) is 45.0 Å². The van der Waals surface area contributed by atoms with Gasteiger partial charge < -0.3 is 24.7 Å². The Morgan fingerprint density at radius 2 is 1.80 bits per heavy atom. The number of nitrogens with zero attached hydrogens (tertiary/aromatic N) is 3. The molecule has 2 heterocycles. The van der Waals surface area contributed by atoms with Gasteiger partial charge in [0.25, 0.3) is 0 Å². The zero-order valence-electron chi connectivity index (χ0n) is 21.0. The Bertz CT molecular complexity index is 1160. The minimum absolute atomic E-state index is 0.00368. The molecule has 1 amide bonds. The number of rotatable bonds is 11. The normalized spacial score (nSPS) is 12.1. The molecule has 0 aliphatic rings. The van der Waals surface area contributed by atoms with Crippen molar-refractivity contribution in [3.05, 3.63) is 46.8 Å². The van der Waals surface area contributed by atoms with E-state index >= 15 is 0 Å². The molecule has 0 spiro atoms. The van der Waals surface area contributed by atoms with E-state index in [4.69, 9.17) is 14.3 Å². The molecule has 0 saturated carbocycles.